The summed E-state index contributed by atoms with van der Waals surface area (Å²) < 4.78 is 2.32. The molecule has 5 rings (SSSR count). The van der Waals surface area contributed by atoms with E-state index < -0.39 is 9.52 Å². The van der Waals surface area contributed by atoms with Crippen molar-refractivity contribution in [3.63, 3.8) is 0 Å². The monoisotopic (exact) mass is 536 g/mol. The highest BCUT2D eigenvalue weighted by Gasteiger charge is 2.35. The molecule has 0 bridgehead atoms. The molecule has 0 saturated heterocycles. The lowest BCUT2D eigenvalue weighted by atomic mass is 9.92. The van der Waals surface area contributed by atoms with E-state index in [0.29, 0.717) is 0 Å². The third kappa shape index (κ3) is 7.28. The van der Waals surface area contributed by atoms with Gasteiger partial charge in [-0.05, 0) is 40.3 Å². The van der Waals surface area contributed by atoms with Crippen molar-refractivity contribution in [2.75, 3.05) is 0 Å². The standard InChI is InChI=1S/C22H26N2Si.C14H11B/c1-2-3-4-11-18-25-22(24-17-16-23-19-24,20-12-7-5-8-13-20)21-14-9-6-10-15-21;15-11-14(12-7-3-1-4-8-12)13-9-5-2-6-10-13/h4-17,19H,2-3,18,25H2,1H3;1-11H. The minimum Gasteiger partial charge on any atom is -0.327 e. The van der Waals surface area contributed by atoms with Crippen molar-refractivity contribution in [1.82, 2.24) is 9.55 Å². The summed E-state index contributed by atoms with van der Waals surface area (Å²) >= 11 is 0. The lowest BCUT2D eigenvalue weighted by molar-refractivity contribution is 0.592. The molecule has 0 saturated carbocycles. The van der Waals surface area contributed by atoms with Crippen LogP contribution in [0.4, 0.5) is 0 Å². The Hall–Kier alpha value is -4.15. The number of hydrogen-bond acceptors (Lipinski definition) is 1. The van der Waals surface area contributed by atoms with Crippen LogP contribution in [-0.4, -0.2) is 26.9 Å². The number of imidazole rings is 1. The van der Waals surface area contributed by atoms with Crippen LogP contribution in [-0.2, 0) is 5.16 Å². The highest BCUT2D eigenvalue weighted by molar-refractivity contribution is 6.42. The van der Waals surface area contributed by atoms with Gasteiger partial charge in [-0.25, -0.2) is 4.98 Å². The SMILES string of the molecule is CCCC=CC[SiH2]C(c1ccccc1)(c1ccccc1)n1ccnc1.[B]C=C(c1ccccc1)c1ccccc1. The normalized spacial score (nSPS) is 11.3. The molecule has 2 radical (unpaired) electrons. The summed E-state index contributed by atoms with van der Waals surface area (Å²) in [4.78, 5) is 4.36. The van der Waals surface area contributed by atoms with Crippen LogP contribution in [0.2, 0.25) is 6.04 Å². The molecule has 40 heavy (non-hydrogen) atoms. The topological polar surface area (TPSA) is 17.8 Å². The number of unbranched alkanes of at least 4 members (excludes halogenated alkanes) is 1. The Labute approximate surface area is 243 Å². The molecule has 0 atom stereocenters. The largest absolute Gasteiger partial charge is 0.327 e. The van der Waals surface area contributed by atoms with Crippen molar-refractivity contribution >= 4 is 22.9 Å². The first-order chi connectivity index (χ1) is 19.8. The lowest BCUT2D eigenvalue weighted by Crippen LogP contribution is -2.41. The molecule has 0 unspecified atom stereocenters. The average molecular weight is 537 g/mol. The molecule has 0 amide bonds. The van der Waals surface area contributed by atoms with Crippen LogP contribution >= 0.6 is 0 Å². The van der Waals surface area contributed by atoms with E-state index >= 15 is 0 Å². The van der Waals surface area contributed by atoms with Gasteiger partial charge in [-0.1, -0.05) is 147 Å². The van der Waals surface area contributed by atoms with E-state index in [0.717, 1.165) is 16.7 Å². The first kappa shape index (κ1) is 28.8. The summed E-state index contributed by atoms with van der Waals surface area (Å²) in [5, 5.41) is -0.102. The first-order valence-electron chi connectivity index (χ1n) is 14.1. The molecule has 0 aliphatic rings. The third-order valence-corrected chi connectivity index (χ3v) is 9.61. The van der Waals surface area contributed by atoms with Gasteiger partial charge in [0.15, 0.2) is 0 Å². The molecule has 5 aromatic rings. The zero-order valence-corrected chi connectivity index (χ0v) is 24.7. The maximum atomic E-state index is 5.67. The first-order valence-corrected chi connectivity index (χ1v) is 15.8. The minimum absolute atomic E-state index is 0.102. The fourth-order valence-corrected chi connectivity index (χ4v) is 7.40. The Morgan fingerprint density at radius 2 is 1.25 bits per heavy atom. The van der Waals surface area contributed by atoms with E-state index in [1.807, 2.05) is 48.9 Å². The Balaban J connectivity index is 0.000000210. The van der Waals surface area contributed by atoms with E-state index in [4.69, 9.17) is 7.85 Å². The van der Waals surface area contributed by atoms with E-state index in [1.54, 1.807) is 5.98 Å². The van der Waals surface area contributed by atoms with Crippen LogP contribution < -0.4 is 0 Å². The van der Waals surface area contributed by atoms with Crippen LogP contribution in [0.15, 0.2) is 158 Å². The summed E-state index contributed by atoms with van der Waals surface area (Å²) in [5.74, 6) is 1.66. The van der Waals surface area contributed by atoms with Gasteiger partial charge in [0.05, 0.1) is 21.0 Å². The van der Waals surface area contributed by atoms with Crippen molar-refractivity contribution in [2.24, 2.45) is 0 Å². The Bertz CT molecular complexity index is 1350. The van der Waals surface area contributed by atoms with Crippen molar-refractivity contribution < 1.29 is 0 Å². The van der Waals surface area contributed by atoms with Gasteiger partial charge in [-0.3, -0.25) is 0 Å². The second-order valence-corrected chi connectivity index (χ2v) is 11.8. The van der Waals surface area contributed by atoms with Crippen molar-refractivity contribution in [2.45, 2.75) is 31.0 Å². The molecule has 1 aromatic heterocycles. The summed E-state index contributed by atoms with van der Waals surface area (Å²) in [6.45, 7) is 2.23. The highest BCUT2D eigenvalue weighted by atomic mass is 28.2. The van der Waals surface area contributed by atoms with Gasteiger partial charge in [0, 0.05) is 12.4 Å². The maximum Gasteiger partial charge on any atom is 0.103 e. The molecule has 198 valence electrons. The van der Waals surface area contributed by atoms with Crippen LogP contribution in [0.1, 0.15) is 42.0 Å². The second kappa shape index (κ2) is 15.4. The number of rotatable bonds is 10. The Morgan fingerprint density at radius 3 is 1.68 bits per heavy atom. The lowest BCUT2D eigenvalue weighted by Gasteiger charge is -2.36. The fourth-order valence-electron chi connectivity index (χ4n) is 5.08. The Kier molecular flexibility index (Phi) is 11.1. The van der Waals surface area contributed by atoms with Crippen molar-refractivity contribution in [3.05, 3.63) is 180 Å². The number of allylic oxidation sites excluding steroid dienone is 2. The minimum atomic E-state index is -0.539. The van der Waals surface area contributed by atoms with E-state index in [2.05, 4.69) is 120 Å². The molecule has 0 aliphatic heterocycles. The van der Waals surface area contributed by atoms with Gasteiger partial charge < -0.3 is 4.57 Å². The molecule has 1 heterocycles. The molecular weight excluding hydrogens is 499 g/mol. The second-order valence-electron chi connectivity index (χ2n) is 9.67. The summed E-state index contributed by atoms with van der Waals surface area (Å²) in [6, 6.07) is 43.3. The quantitative estimate of drug-likeness (QED) is 0.131. The molecule has 4 aromatic carbocycles. The van der Waals surface area contributed by atoms with E-state index in [1.165, 1.54) is 30.0 Å². The van der Waals surface area contributed by atoms with Crippen LogP contribution in [0.25, 0.3) is 5.57 Å². The van der Waals surface area contributed by atoms with Crippen LogP contribution in [0.5, 0.6) is 0 Å². The van der Waals surface area contributed by atoms with Crippen molar-refractivity contribution in [1.29, 1.82) is 0 Å². The van der Waals surface area contributed by atoms with Gasteiger partial charge in [0.2, 0.25) is 0 Å². The summed E-state index contributed by atoms with van der Waals surface area (Å²) in [7, 11) is 5.14. The Morgan fingerprint density at radius 1 is 0.750 bits per heavy atom. The van der Waals surface area contributed by atoms with Gasteiger partial charge in [-0.15, -0.1) is 5.98 Å². The number of hydrogen-bond donors (Lipinski definition) is 0. The summed E-state index contributed by atoms with van der Waals surface area (Å²) in [5.41, 5.74) is 6.07. The summed E-state index contributed by atoms with van der Waals surface area (Å²) in [6.07, 6.45) is 13.1. The van der Waals surface area contributed by atoms with Crippen LogP contribution in [0.3, 0.4) is 0 Å². The molecule has 2 nitrogen and oxygen atoms in total. The zero-order valence-electron chi connectivity index (χ0n) is 23.3. The zero-order chi connectivity index (χ0) is 27.9. The van der Waals surface area contributed by atoms with Gasteiger partial charge >= 0.3 is 0 Å². The molecule has 0 N–H and O–H groups in total. The predicted molar refractivity (Wildman–Crippen MR) is 174 cm³/mol. The number of benzene rings is 4. The molecule has 0 spiro atoms. The van der Waals surface area contributed by atoms with E-state index in [9.17, 15) is 0 Å². The maximum absolute atomic E-state index is 5.67. The molecule has 4 heteroatoms. The predicted octanol–water partition coefficient (Wildman–Crippen LogP) is 7.82. The smallest absolute Gasteiger partial charge is 0.103 e. The van der Waals surface area contributed by atoms with Gasteiger partial charge in [0.1, 0.15) is 7.85 Å². The van der Waals surface area contributed by atoms with Crippen molar-refractivity contribution in [3.8, 4) is 0 Å². The van der Waals surface area contributed by atoms with Crippen LogP contribution in [0, 0.1) is 0 Å². The number of aromatic nitrogens is 2. The van der Waals surface area contributed by atoms with Gasteiger partial charge in [0.25, 0.3) is 0 Å². The molecule has 0 aliphatic carbocycles. The average Bonchev–Trinajstić information content (AvgIpc) is 3.57. The van der Waals surface area contributed by atoms with Gasteiger partial charge in [-0.2, -0.15) is 0 Å². The molecular formula is C36H37BN2Si. The number of nitrogens with zero attached hydrogens (tertiary/aromatic N) is 2. The highest BCUT2D eigenvalue weighted by Crippen LogP contribution is 2.34. The third-order valence-electron chi connectivity index (χ3n) is 7.08. The fraction of sp³-hybridized carbons (Fsp3) is 0.139. The van der Waals surface area contributed by atoms with E-state index in [-0.39, 0.29) is 5.16 Å². The molecule has 0 fully saturated rings.